The summed E-state index contributed by atoms with van der Waals surface area (Å²) in [5.74, 6) is 0.120. The summed E-state index contributed by atoms with van der Waals surface area (Å²) in [4.78, 5) is 13.8. The van der Waals surface area contributed by atoms with Gasteiger partial charge in [-0.05, 0) is 24.6 Å². The molecule has 0 aromatic heterocycles. The number of hydrogen-bond donors (Lipinski definition) is 1. The van der Waals surface area contributed by atoms with Crippen molar-refractivity contribution >= 4 is 27.5 Å². The molecular formula is C13H17BrN2O2. The summed E-state index contributed by atoms with van der Waals surface area (Å²) in [6.07, 6.45) is 0. The van der Waals surface area contributed by atoms with E-state index in [0.29, 0.717) is 32.8 Å². The summed E-state index contributed by atoms with van der Waals surface area (Å²) in [6, 6.07) is 5.99. The van der Waals surface area contributed by atoms with Crippen molar-refractivity contribution < 1.29 is 9.53 Å². The van der Waals surface area contributed by atoms with Gasteiger partial charge in [0.05, 0.1) is 19.8 Å². The summed E-state index contributed by atoms with van der Waals surface area (Å²) < 4.78 is 6.27. The normalized spacial score (nSPS) is 15.6. The molecule has 98 valence electrons. The molecule has 1 aliphatic heterocycles. The smallest absolute Gasteiger partial charge is 0.242 e. The predicted molar refractivity (Wildman–Crippen MR) is 74.8 cm³/mol. The molecule has 1 saturated heterocycles. The number of ether oxygens (including phenoxy) is 1. The Morgan fingerprint density at radius 2 is 2.17 bits per heavy atom. The number of rotatable bonds is 3. The van der Waals surface area contributed by atoms with Gasteiger partial charge < -0.3 is 15.0 Å². The van der Waals surface area contributed by atoms with Crippen LogP contribution in [-0.2, 0) is 9.53 Å². The fourth-order valence-electron chi connectivity index (χ4n) is 1.81. The molecular weight excluding hydrogens is 296 g/mol. The van der Waals surface area contributed by atoms with Crippen molar-refractivity contribution in [2.45, 2.75) is 6.92 Å². The molecule has 1 aromatic carbocycles. The zero-order valence-corrected chi connectivity index (χ0v) is 12.0. The molecule has 5 heteroatoms. The van der Waals surface area contributed by atoms with Gasteiger partial charge in [0.25, 0.3) is 0 Å². The van der Waals surface area contributed by atoms with E-state index < -0.39 is 0 Å². The fourth-order valence-corrected chi connectivity index (χ4v) is 2.18. The quantitative estimate of drug-likeness (QED) is 0.928. The maximum atomic E-state index is 11.9. The van der Waals surface area contributed by atoms with Crippen molar-refractivity contribution in [3.8, 4) is 0 Å². The number of aryl methyl sites for hydroxylation is 1. The summed E-state index contributed by atoms with van der Waals surface area (Å²) in [7, 11) is 0. The van der Waals surface area contributed by atoms with E-state index in [0.717, 1.165) is 10.2 Å². The summed E-state index contributed by atoms with van der Waals surface area (Å²) in [6.45, 7) is 5.03. The Morgan fingerprint density at radius 1 is 1.44 bits per heavy atom. The van der Waals surface area contributed by atoms with E-state index in [1.54, 1.807) is 0 Å². The average molecular weight is 313 g/mol. The Kier molecular flexibility index (Phi) is 4.60. The highest BCUT2D eigenvalue weighted by molar-refractivity contribution is 9.10. The first-order valence-corrected chi connectivity index (χ1v) is 6.81. The molecule has 0 bridgehead atoms. The second-order valence-corrected chi connectivity index (χ2v) is 5.17. The van der Waals surface area contributed by atoms with Crippen LogP contribution < -0.4 is 5.32 Å². The van der Waals surface area contributed by atoms with Gasteiger partial charge in [0.1, 0.15) is 0 Å². The molecule has 4 nitrogen and oxygen atoms in total. The number of carbonyl (C=O) groups is 1. The van der Waals surface area contributed by atoms with Crippen LogP contribution in [0.3, 0.4) is 0 Å². The second-order valence-electron chi connectivity index (χ2n) is 4.31. The molecule has 0 atom stereocenters. The van der Waals surface area contributed by atoms with Crippen LogP contribution in [0.1, 0.15) is 5.56 Å². The summed E-state index contributed by atoms with van der Waals surface area (Å²) in [5, 5.41) is 3.15. The first-order valence-electron chi connectivity index (χ1n) is 6.02. The number of hydrogen-bond acceptors (Lipinski definition) is 3. The zero-order chi connectivity index (χ0) is 13.0. The van der Waals surface area contributed by atoms with Gasteiger partial charge in [-0.1, -0.05) is 22.0 Å². The number of anilines is 1. The lowest BCUT2D eigenvalue weighted by atomic mass is 10.2. The molecule has 0 spiro atoms. The topological polar surface area (TPSA) is 41.6 Å². The van der Waals surface area contributed by atoms with Gasteiger partial charge in [0.2, 0.25) is 5.91 Å². The Labute approximate surface area is 115 Å². The molecule has 1 fully saturated rings. The van der Waals surface area contributed by atoms with Gasteiger partial charge in [-0.15, -0.1) is 0 Å². The van der Waals surface area contributed by atoms with Gasteiger partial charge in [0.15, 0.2) is 0 Å². The number of morpholine rings is 1. The van der Waals surface area contributed by atoms with Gasteiger partial charge in [-0.25, -0.2) is 0 Å². The number of halogens is 1. The molecule has 1 aliphatic rings. The van der Waals surface area contributed by atoms with E-state index in [9.17, 15) is 4.79 Å². The van der Waals surface area contributed by atoms with Crippen molar-refractivity contribution in [3.63, 3.8) is 0 Å². The third kappa shape index (κ3) is 3.46. The molecule has 0 saturated carbocycles. The van der Waals surface area contributed by atoms with Gasteiger partial charge in [-0.2, -0.15) is 0 Å². The Hall–Kier alpha value is -1.07. The number of nitrogens with zero attached hydrogens (tertiary/aromatic N) is 1. The van der Waals surface area contributed by atoms with E-state index in [1.807, 2.05) is 30.0 Å². The van der Waals surface area contributed by atoms with Crippen LogP contribution in [0.15, 0.2) is 22.7 Å². The number of carbonyl (C=O) groups excluding carboxylic acids is 1. The predicted octanol–water partition coefficient (Wildman–Crippen LogP) is 2.03. The molecule has 1 heterocycles. The van der Waals surface area contributed by atoms with Crippen LogP contribution in [0.2, 0.25) is 0 Å². The lowest BCUT2D eigenvalue weighted by molar-refractivity contribution is -0.133. The number of amides is 1. The van der Waals surface area contributed by atoms with Gasteiger partial charge >= 0.3 is 0 Å². The minimum Gasteiger partial charge on any atom is -0.378 e. The minimum absolute atomic E-state index is 0.120. The molecule has 0 unspecified atom stereocenters. The van der Waals surface area contributed by atoms with Crippen LogP contribution in [0.5, 0.6) is 0 Å². The van der Waals surface area contributed by atoms with Gasteiger partial charge in [-0.3, -0.25) is 4.79 Å². The maximum absolute atomic E-state index is 11.9. The Bertz CT molecular complexity index is 431. The van der Waals surface area contributed by atoms with E-state index in [2.05, 4.69) is 21.2 Å². The van der Waals surface area contributed by atoms with Crippen molar-refractivity contribution in [2.75, 3.05) is 38.2 Å². The largest absolute Gasteiger partial charge is 0.378 e. The number of benzene rings is 1. The molecule has 1 N–H and O–H groups in total. The number of nitrogens with one attached hydrogen (secondary N) is 1. The van der Waals surface area contributed by atoms with Crippen LogP contribution in [0.4, 0.5) is 5.69 Å². The van der Waals surface area contributed by atoms with Crippen molar-refractivity contribution in [1.29, 1.82) is 0 Å². The molecule has 18 heavy (non-hydrogen) atoms. The minimum atomic E-state index is 0.120. The van der Waals surface area contributed by atoms with E-state index >= 15 is 0 Å². The zero-order valence-electron chi connectivity index (χ0n) is 10.4. The van der Waals surface area contributed by atoms with Crippen molar-refractivity contribution in [1.82, 2.24) is 4.90 Å². The third-order valence-corrected chi connectivity index (χ3v) is 3.83. The highest BCUT2D eigenvalue weighted by Crippen LogP contribution is 2.20. The monoisotopic (exact) mass is 312 g/mol. The van der Waals surface area contributed by atoms with Gasteiger partial charge in [0, 0.05) is 23.2 Å². The SMILES string of the molecule is Cc1ccc(NCC(=O)N2CCOCC2)cc1Br. The standard InChI is InChI=1S/C13H17BrN2O2/c1-10-2-3-11(8-12(10)14)15-9-13(17)16-4-6-18-7-5-16/h2-3,8,15H,4-7,9H2,1H3. The fraction of sp³-hybridized carbons (Fsp3) is 0.462. The first-order chi connectivity index (χ1) is 8.66. The van der Waals surface area contributed by atoms with Crippen molar-refractivity contribution in [2.24, 2.45) is 0 Å². The Balaban J connectivity index is 1.86. The maximum Gasteiger partial charge on any atom is 0.242 e. The highest BCUT2D eigenvalue weighted by Gasteiger charge is 2.16. The Morgan fingerprint density at radius 3 is 2.83 bits per heavy atom. The third-order valence-electron chi connectivity index (χ3n) is 2.98. The lowest BCUT2D eigenvalue weighted by Crippen LogP contribution is -2.43. The van der Waals surface area contributed by atoms with E-state index in [4.69, 9.17) is 4.74 Å². The molecule has 1 amide bonds. The van der Waals surface area contributed by atoms with Crippen LogP contribution in [0.25, 0.3) is 0 Å². The van der Waals surface area contributed by atoms with E-state index in [-0.39, 0.29) is 5.91 Å². The molecule has 2 rings (SSSR count). The van der Waals surface area contributed by atoms with Crippen LogP contribution in [0, 0.1) is 6.92 Å². The molecule has 0 aliphatic carbocycles. The molecule has 1 aromatic rings. The highest BCUT2D eigenvalue weighted by atomic mass is 79.9. The van der Waals surface area contributed by atoms with Crippen molar-refractivity contribution in [3.05, 3.63) is 28.2 Å². The average Bonchev–Trinajstić information content (AvgIpc) is 2.41. The lowest BCUT2D eigenvalue weighted by Gasteiger charge is -2.27. The summed E-state index contributed by atoms with van der Waals surface area (Å²) >= 11 is 3.48. The second kappa shape index (κ2) is 6.20. The van der Waals surface area contributed by atoms with Crippen LogP contribution >= 0.6 is 15.9 Å². The first kappa shape index (κ1) is 13.4. The van der Waals surface area contributed by atoms with E-state index in [1.165, 1.54) is 5.56 Å². The molecule has 0 radical (unpaired) electrons. The van der Waals surface area contributed by atoms with Crippen LogP contribution in [-0.4, -0.2) is 43.7 Å². The summed E-state index contributed by atoms with van der Waals surface area (Å²) in [5.41, 5.74) is 2.13.